The number of piperidine rings is 1. The Morgan fingerprint density at radius 3 is 2.80 bits per heavy atom. The first-order valence-corrected chi connectivity index (χ1v) is 9.37. The van der Waals surface area contributed by atoms with E-state index >= 15 is 0 Å². The lowest BCUT2D eigenvalue weighted by atomic mass is 9.95. The molecule has 25 heavy (non-hydrogen) atoms. The number of aromatic nitrogens is 4. The van der Waals surface area contributed by atoms with E-state index in [-0.39, 0.29) is 5.56 Å². The second kappa shape index (κ2) is 7.44. The van der Waals surface area contributed by atoms with Crippen molar-refractivity contribution in [3.05, 3.63) is 51.7 Å². The Balaban J connectivity index is 1.35. The zero-order valence-corrected chi connectivity index (χ0v) is 14.6. The van der Waals surface area contributed by atoms with E-state index in [0.717, 1.165) is 63.3 Å². The molecule has 0 atom stereocenters. The smallest absolute Gasteiger partial charge is 0.267 e. The predicted octanol–water partition coefficient (Wildman–Crippen LogP) is 1.82. The van der Waals surface area contributed by atoms with Gasteiger partial charge in [-0.3, -0.25) is 9.69 Å². The van der Waals surface area contributed by atoms with E-state index in [1.807, 2.05) is 18.2 Å². The molecular weight excluding hydrogens is 314 g/mol. The highest BCUT2D eigenvalue weighted by Gasteiger charge is 2.21. The Hall–Kier alpha value is -2.08. The molecule has 0 unspecified atom stereocenters. The van der Waals surface area contributed by atoms with E-state index in [4.69, 9.17) is 0 Å². The Labute approximate surface area is 147 Å². The summed E-state index contributed by atoms with van der Waals surface area (Å²) in [7, 11) is 0. The van der Waals surface area contributed by atoms with Gasteiger partial charge < -0.3 is 0 Å². The molecule has 1 aliphatic heterocycles. The second-order valence-corrected chi connectivity index (χ2v) is 7.28. The van der Waals surface area contributed by atoms with Crippen molar-refractivity contribution in [2.75, 3.05) is 13.1 Å². The average molecular weight is 339 g/mol. The normalized spacial score (nSPS) is 18.9. The summed E-state index contributed by atoms with van der Waals surface area (Å²) >= 11 is 0. The molecule has 0 spiro atoms. The highest BCUT2D eigenvalue weighted by Crippen LogP contribution is 2.21. The van der Waals surface area contributed by atoms with Gasteiger partial charge in [-0.05, 0) is 75.2 Å². The van der Waals surface area contributed by atoms with Crippen LogP contribution in [0.5, 0.6) is 0 Å². The first-order chi connectivity index (χ1) is 12.3. The molecule has 0 saturated carbocycles. The van der Waals surface area contributed by atoms with Crippen LogP contribution in [-0.2, 0) is 25.9 Å². The summed E-state index contributed by atoms with van der Waals surface area (Å²) in [4.78, 5) is 14.8. The third kappa shape index (κ3) is 3.95. The van der Waals surface area contributed by atoms with Crippen LogP contribution in [0, 0.1) is 5.92 Å². The third-order valence-electron chi connectivity index (χ3n) is 5.43. The molecule has 6 nitrogen and oxygen atoms in total. The van der Waals surface area contributed by atoms with Crippen molar-refractivity contribution >= 4 is 0 Å². The van der Waals surface area contributed by atoms with Gasteiger partial charge in [-0.15, -0.1) is 0 Å². The summed E-state index contributed by atoms with van der Waals surface area (Å²) < 4.78 is 1.72. The van der Waals surface area contributed by atoms with Crippen LogP contribution in [0.25, 0.3) is 0 Å². The van der Waals surface area contributed by atoms with Crippen LogP contribution in [0.1, 0.15) is 42.6 Å². The number of likely N-dealkylation sites (tertiary alicyclic amines) is 1. The number of rotatable bonds is 4. The predicted molar refractivity (Wildman–Crippen MR) is 95.2 cm³/mol. The molecule has 0 N–H and O–H groups in total. The maximum absolute atomic E-state index is 12.3. The van der Waals surface area contributed by atoms with Gasteiger partial charge in [0.05, 0.1) is 11.4 Å². The first kappa shape index (κ1) is 16.4. The maximum Gasteiger partial charge on any atom is 0.267 e. The van der Waals surface area contributed by atoms with Crippen molar-refractivity contribution in [2.45, 2.75) is 51.6 Å². The quantitative estimate of drug-likeness (QED) is 0.850. The number of aryl methyl sites for hydroxylation is 2. The summed E-state index contributed by atoms with van der Waals surface area (Å²) in [6, 6.07) is 5.78. The van der Waals surface area contributed by atoms with Gasteiger partial charge in [-0.1, -0.05) is 0 Å². The summed E-state index contributed by atoms with van der Waals surface area (Å²) in [6.45, 7) is 3.70. The number of hydrogen-bond acceptors (Lipinski definition) is 5. The zero-order chi connectivity index (χ0) is 17.1. The van der Waals surface area contributed by atoms with Crippen LogP contribution in [0.4, 0.5) is 0 Å². The van der Waals surface area contributed by atoms with Gasteiger partial charge >= 0.3 is 0 Å². The zero-order valence-electron chi connectivity index (χ0n) is 14.6. The maximum atomic E-state index is 12.3. The average Bonchev–Trinajstić information content (AvgIpc) is 2.65. The molecule has 6 heteroatoms. The van der Waals surface area contributed by atoms with E-state index in [1.54, 1.807) is 10.9 Å². The van der Waals surface area contributed by atoms with E-state index in [0.29, 0.717) is 5.92 Å². The lowest BCUT2D eigenvalue weighted by Gasteiger charge is -2.31. The van der Waals surface area contributed by atoms with Crippen LogP contribution in [-0.4, -0.2) is 38.0 Å². The van der Waals surface area contributed by atoms with Gasteiger partial charge in [0, 0.05) is 25.4 Å². The molecule has 0 bridgehead atoms. The molecular formula is C19H25N5O. The molecule has 0 radical (unpaired) electrons. The van der Waals surface area contributed by atoms with E-state index in [2.05, 4.69) is 20.2 Å². The summed E-state index contributed by atoms with van der Waals surface area (Å²) in [5.74, 6) is 0.532. The van der Waals surface area contributed by atoms with Crippen LogP contribution in [0.3, 0.4) is 0 Å². The van der Waals surface area contributed by atoms with E-state index < -0.39 is 0 Å². The van der Waals surface area contributed by atoms with Gasteiger partial charge in [-0.2, -0.15) is 15.3 Å². The molecule has 0 amide bonds. The van der Waals surface area contributed by atoms with Gasteiger partial charge in [0.15, 0.2) is 0 Å². The van der Waals surface area contributed by atoms with Crippen LogP contribution < -0.4 is 5.56 Å². The van der Waals surface area contributed by atoms with Crippen LogP contribution in [0.2, 0.25) is 0 Å². The molecule has 2 aromatic rings. The fourth-order valence-corrected chi connectivity index (χ4v) is 3.95. The molecule has 2 aromatic heterocycles. The highest BCUT2D eigenvalue weighted by atomic mass is 16.1. The minimum atomic E-state index is 0.0719. The van der Waals surface area contributed by atoms with Crippen molar-refractivity contribution in [1.29, 1.82) is 0 Å². The van der Waals surface area contributed by atoms with Gasteiger partial charge in [0.1, 0.15) is 0 Å². The minimum absolute atomic E-state index is 0.0719. The molecule has 0 aromatic carbocycles. The molecule has 1 saturated heterocycles. The van der Waals surface area contributed by atoms with Crippen molar-refractivity contribution in [3.8, 4) is 0 Å². The lowest BCUT2D eigenvalue weighted by molar-refractivity contribution is 0.161. The molecule has 132 valence electrons. The first-order valence-electron chi connectivity index (χ1n) is 9.37. The molecule has 4 rings (SSSR count). The fraction of sp³-hybridized carbons (Fsp3) is 0.579. The Kier molecular flexibility index (Phi) is 4.88. The number of nitrogens with zero attached hydrogens (tertiary/aromatic N) is 5. The summed E-state index contributed by atoms with van der Waals surface area (Å²) in [6.07, 6.45) is 8.32. The Morgan fingerprint density at radius 1 is 1.16 bits per heavy atom. The molecule has 3 heterocycles. The van der Waals surface area contributed by atoms with Crippen LogP contribution in [0.15, 0.2) is 29.2 Å². The number of hydrogen-bond donors (Lipinski definition) is 0. The van der Waals surface area contributed by atoms with Gasteiger partial charge in [0.2, 0.25) is 0 Å². The fourth-order valence-electron chi connectivity index (χ4n) is 3.95. The number of fused-ring (bicyclic) bond motifs is 1. The Morgan fingerprint density at radius 2 is 2.00 bits per heavy atom. The summed E-state index contributed by atoms with van der Waals surface area (Å²) in [5.41, 5.74) is 3.41. The lowest BCUT2D eigenvalue weighted by Crippen LogP contribution is -2.37. The van der Waals surface area contributed by atoms with Crippen molar-refractivity contribution < 1.29 is 0 Å². The van der Waals surface area contributed by atoms with E-state index in [1.165, 1.54) is 18.4 Å². The van der Waals surface area contributed by atoms with Crippen molar-refractivity contribution in [1.82, 2.24) is 24.9 Å². The van der Waals surface area contributed by atoms with Crippen molar-refractivity contribution in [2.24, 2.45) is 5.92 Å². The summed E-state index contributed by atoms with van der Waals surface area (Å²) in [5, 5.41) is 12.8. The highest BCUT2D eigenvalue weighted by molar-refractivity contribution is 5.20. The topological polar surface area (TPSA) is 63.9 Å². The van der Waals surface area contributed by atoms with E-state index in [9.17, 15) is 4.79 Å². The van der Waals surface area contributed by atoms with Gasteiger partial charge in [-0.25, -0.2) is 4.68 Å². The molecule has 1 fully saturated rings. The second-order valence-electron chi connectivity index (χ2n) is 7.28. The van der Waals surface area contributed by atoms with Crippen molar-refractivity contribution in [3.63, 3.8) is 0 Å². The largest absolute Gasteiger partial charge is 0.297 e. The monoisotopic (exact) mass is 339 g/mol. The van der Waals surface area contributed by atoms with Crippen LogP contribution >= 0.6 is 0 Å². The standard InChI is InChI=1S/C19H25N5O/c25-19-12-16-4-1-2-6-18(16)22-24(19)13-15-7-10-23(11-8-15)14-17-5-3-9-20-21-17/h3,5,9,12,15H,1-2,4,6-8,10-11,13-14H2. The SMILES string of the molecule is O=c1cc2c(nn1CC1CCN(Cc3cccnn3)CC1)CCCC2. The molecule has 1 aliphatic carbocycles. The molecule has 2 aliphatic rings. The minimum Gasteiger partial charge on any atom is -0.297 e. The third-order valence-corrected chi connectivity index (χ3v) is 5.43. The Bertz CT molecular complexity index is 765. The van der Waals surface area contributed by atoms with Gasteiger partial charge in [0.25, 0.3) is 5.56 Å².